The highest BCUT2D eigenvalue weighted by molar-refractivity contribution is 5.92. The first-order valence-corrected chi connectivity index (χ1v) is 6.49. The van der Waals surface area contributed by atoms with Crippen LogP contribution in [0, 0.1) is 5.92 Å². The van der Waals surface area contributed by atoms with Gasteiger partial charge in [-0.1, -0.05) is 24.5 Å². The number of hydrogen-bond acceptors (Lipinski definition) is 3. The Kier molecular flexibility index (Phi) is 2.61. The number of aromatic nitrogens is 3. The van der Waals surface area contributed by atoms with E-state index < -0.39 is 5.91 Å². The Balaban J connectivity index is 1.82. The summed E-state index contributed by atoms with van der Waals surface area (Å²) >= 11 is 0. The monoisotopic (exact) mass is 234 g/mol. The van der Waals surface area contributed by atoms with Crippen LogP contribution in [0.2, 0.25) is 0 Å². The van der Waals surface area contributed by atoms with E-state index in [0.29, 0.717) is 11.6 Å². The summed E-state index contributed by atoms with van der Waals surface area (Å²) in [5, 5.41) is 8.06. The first-order valence-electron chi connectivity index (χ1n) is 6.49. The van der Waals surface area contributed by atoms with Crippen molar-refractivity contribution in [2.24, 2.45) is 11.7 Å². The lowest BCUT2D eigenvalue weighted by Crippen LogP contribution is -2.21. The van der Waals surface area contributed by atoms with Gasteiger partial charge in [0.15, 0.2) is 5.69 Å². The zero-order valence-corrected chi connectivity index (χ0v) is 9.93. The van der Waals surface area contributed by atoms with Crippen molar-refractivity contribution in [3.63, 3.8) is 0 Å². The van der Waals surface area contributed by atoms with E-state index in [4.69, 9.17) is 5.73 Å². The van der Waals surface area contributed by atoms with E-state index in [0.717, 1.165) is 37.4 Å². The predicted molar refractivity (Wildman–Crippen MR) is 62.5 cm³/mol. The largest absolute Gasteiger partial charge is 0.364 e. The standard InChI is InChI=1S/C12H18N4O/c13-12(17)10-11(9-2-1-3-9)16(15-14-10)7-6-8-4-5-8/h8-9H,1-7H2,(H2,13,17). The van der Waals surface area contributed by atoms with Gasteiger partial charge < -0.3 is 5.73 Å². The van der Waals surface area contributed by atoms with Crippen molar-refractivity contribution in [1.82, 2.24) is 15.0 Å². The Morgan fingerprint density at radius 1 is 1.35 bits per heavy atom. The van der Waals surface area contributed by atoms with Crippen LogP contribution in [0.1, 0.15) is 60.6 Å². The normalized spacial score (nSPS) is 20.2. The SMILES string of the molecule is NC(=O)c1nnn(CCC2CC2)c1C1CCC1. The molecule has 5 heteroatoms. The molecule has 1 aromatic heterocycles. The minimum Gasteiger partial charge on any atom is -0.364 e. The minimum atomic E-state index is -0.440. The van der Waals surface area contributed by atoms with Gasteiger partial charge in [-0.05, 0) is 25.2 Å². The maximum absolute atomic E-state index is 11.3. The molecule has 5 nitrogen and oxygen atoms in total. The number of carbonyl (C=O) groups excluding carboxylic acids is 1. The van der Waals surface area contributed by atoms with E-state index in [-0.39, 0.29) is 0 Å². The topological polar surface area (TPSA) is 73.8 Å². The molecule has 2 saturated carbocycles. The fourth-order valence-corrected chi connectivity index (χ4v) is 2.46. The molecule has 1 heterocycles. The number of amides is 1. The van der Waals surface area contributed by atoms with E-state index in [9.17, 15) is 4.79 Å². The van der Waals surface area contributed by atoms with Crippen LogP contribution < -0.4 is 5.73 Å². The van der Waals surface area contributed by atoms with Gasteiger partial charge >= 0.3 is 0 Å². The Morgan fingerprint density at radius 3 is 2.65 bits per heavy atom. The molecular weight excluding hydrogens is 216 g/mol. The van der Waals surface area contributed by atoms with Crippen molar-refractivity contribution in [3.05, 3.63) is 11.4 Å². The van der Waals surface area contributed by atoms with Crippen molar-refractivity contribution < 1.29 is 4.79 Å². The summed E-state index contributed by atoms with van der Waals surface area (Å²) < 4.78 is 1.92. The molecule has 2 fully saturated rings. The second kappa shape index (κ2) is 4.13. The third-order valence-corrected chi connectivity index (χ3v) is 3.94. The van der Waals surface area contributed by atoms with Crippen molar-refractivity contribution in [2.45, 2.75) is 51.0 Å². The van der Waals surface area contributed by atoms with Crippen LogP contribution in [0.15, 0.2) is 0 Å². The molecule has 1 aromatic rings. The molecule has 2 aliphatic rings. The third kappa shape index (κ3) is 2.06. The molecule has 0 spiro atoms. The first-order chi connectivity index (χ1) is 8.25. The van der Waals surface area contributed by atoms with Crippen LogP contribution in [0.25, 0.3) is 0 Å². The Hall–Kier alpha value is -1.39. The number of rotatable bonds is 5. The van der Waals surface area contributed by atoms with Crippen LogP contribution in [0.4, 0.5) is 0 Å². The first kappa shape index (κ1) is 10.7. The molecule has 2 aliphatic carbocycles. The highest BCUT2D eigenvalue weighted by atomic mass is 16.1. The Morgan fingerprint density at radius 2 is 2.12 bits per heavy atom. The van der Waals surface area contributed by atoms with Crippen LogP contribution in [-0.2, 0) is 6.54 Å². The highest BCUT2D eigenvalue weighted by Crippen LogP contribution is 2.38. The maximum Gasteiger partial charge on any atom is 0.271 e. The Bertz CT molecular complexity index is 432. The average Bonchev–Trinajstić information content (AvgIpc) is 2.95. The number of carbonyl (C=O) groups is 1. The fraction of sp³-hybridized carbons (Fsp3) is 0.750. The smallest absolute Gasteiger partial charge is 0.271 e. The second-order valence-electron chi connectivity index (χ2n) is 5.27. The lowest BCUT2D eigenvalue weighted by molar-refractivity contribution is 0.0993. The zero-order chi connectivity index (χ0) is 11.8. The van der Waals surface area contributed by atoms with E-state index >= 15 is 0 Å². The number of hydrogen-bond donors (Lipinski definition) is 1. The number of primary amides is 1. The maximum atomic E-state index is 11.3. The second-order valence-corrected chi connectivity index (χ2v) is 5.27. The zero-order valence-electron chi connectivity index (χ0n) is 9.93. The van der Waals surface area contributed by atoms with Crippen molar-refractivity contribution in [2.75, 3.05) is 0 Å². The van der Waals surface area contributed by atoms with Gasteiger partial charge in [0.1, 0.15) is 0 Å². The predicted octanol–water partition coefficient (Wildman–Crippen LogP) is 1.44. The lowest BCUT2D eigenvalue weighted by atomic mass is 9.82. The molecule has 0 aromatic carbocycles. The molecule has 0 saturated heterocycles. The lowest BCUT2D eigenvalue weighted by Gasteiger charge is -2.26. The molecule has 0 radical (unpaired) electrons. The van der Waals surface area contributed by atoms with Crippen LogP contribution in [0.3, 0.4) is 0 Å². The van der Waals surface area contributed by atoms with Crippen LogP contribution in [-0.4, -0.2) is 20.9 Å². The average molecular weight is 234 g/mol. The molecule has 2 N–H and O–H groups in total. The van der Waals surface area contributed by atoms with Crippen LogP contribution in [0.5, 0.6) is 0 Å². The van der Waals surface area contributed by atoms with Gasteiger partial charge in [-0.25, -0.2) is 4.68 Å². The molecule has 1 amide bonds. The van der Waals surface area contributed by atoms with Gasteiger partial charge in [-0.2, -0.15) is 0 Å². The van der Waals surface area contributed by atoms with Gasteiger partial charge in [0.05, 0.1) is 5.69 Å². The number of aryl methyl sites for hydroxylation is 1. The van der Waals surface area contributed by atoms with Gasteiger partial charge in [0.2, 0.25) is 0 Å². The fourth-order valence-electron chi connectivity index (χ4n) is 2.46. The molecular formula is C12H18N4O. The molecule has 0 atom stereocenters. The molecule has 17 heavy (non-hydrogen) atoms. The quantitative estimate of drug-likeness (QED) is 0.837. The molecule has 0 aliphatic heterocycles. The molecule has 0 unspecified atom stereocenters. The van der Waals surface area contributed by atoms with E-state index in [1.165, 1.54) is 19.3 Å². The summed E-state index contributed by atoms with van der Waals surface area (Å²) in [5.41, 5.74) is 6.74. The third-order valence-electron chi connectivity index (χ3n) is 3.94. The summed E-state index contributed by atoms with van der Waals surface area (Å²) in [6, 6.07) is 0. The van der Waals surface area contributed by atoms with Gasteiger partial charge in [0.25, 0.3) is 5.91 Å². The number of nitrogens with two attached hydrogens (primary N) is 1. The summed E-state index contributed by atoms with van der Waals surface area (Å²) in [6.45, 7) is 0.886. The van der Waals surface area contributed by atoms with E-state index in [2.05, 4.69) is 10.3 Å². The van der Waals surface area contributed by atoms with Gasteiger partial charge in [0, 0.05) is 12.5 Å². The van der Waals surface area contributed by atoms with Crippen LogP contribution >= 0.6 is 0 Å². The summed E-state index contributed by atoms with van der Waals surface area (Å²) in [4.78, 5) is 11.3. The highest BCUT2D eigenvalue weighted by Gasteiger charge is 2.30. The summed E-state index contributed by atoms with van der Waals surface area (Å²) in [5.74, 6) is 0.877. The molecule has 0 bridgehead atoms. The van der Waals surface area contributed by atoms with Gasteiger partial charge in [-0.3, -0.25) is 4.79 Å². The molecule has 92 valence electrons. The molecule has 3 rings (SSSR count). The summed E-state index contributed by atoms with van der Waals surface area (Å²) in [6.07, 6.45) is 7.35. The van der Waals surface area contributed by atoms with Crippen molar-refractivity contribution in [1.29, 1.82) is 0 Å². The van der Waals surface area contributed by atoms with Crippen molar-refractivity contribution in [3.8, 4) is 0 Å². The number of nitrogens with zero attached hydrogens (tertiary/aromatic N) is 3. The van der Waals surface area contributed by atoms with E-state index in [1.54, 1.807) is 0 Å². The van der Waals surface area contributed by atoms with E-state index in [1.807, 2.05) is 4.68 Å². The van der Waals surface area contributed by atoms with Gasteiger partial charge in [-0.15, -0.1) is 5.10 Å². The van der Waals surface area contributed by atoms with Crippen molar-refractivity contribution >= 4 is 5.91 Å². The minimum absolute atomic E-state index is 0.394. The summed E-state index contributed by atoms with van der Waals surface area (Å²) in [7, 11) is 0. The Labute approximate surface area is 100 Å².